The maximum atomic E-state index is 10.6. The fraction of sp³-hybridized carbons (Fsp3) is 0.154. The molecule has 0 saturated heterocycles. The van der Waals surface area contributed by atoms with Crippen LogP contribution < -0.4 is 0 Å². The molecule has 0 aliphatic carbocycles. The molecule has 1 heterocycles. The minimum absolute atomic E-state index is 0.0828. The second kappa shape index (κ2) is 5.34. The Morgan fingerprint density at radius 1 is 1.26 bits per heavy atom. The van der Waals surface area contributed by atoms with E-state index in [-0.39, 0.29) is 5.69 Å². The van der Waals surface area contributed by atoms with Crippen LogP contribution in [0.3, 0.4) is 0 Å². The molecule has 0 aliphatic rings. The average Bonchev–Trinajstić information content (AvgIpc) is 2.84. The van der Waals surface area contributed by atoms with E-state index < -0.39 is 4.92 Å². The number of hydrogen-bond donors (Lipinski definition) is 0. The Morgan fingerprint density at radius 3 is 2.53 bits per heavy atom. The third-order valence-electron chi connectivity index (χ3n) is 2.54. The predicted octanol–water partition coefficient (Wildman–Crippen LogP) is 2.28. The molecule has 6 nitrogen and oxygen atoms in total. The monoisotopic (exact) mass is 258 g/mol. The summed E-state index contributed by atoms with van der Waals surface area (Å²) in [4.78, 5) is 10.2. The summed E-state index contributed by atoms with van der Waals surface area (Å²) >= 11 is 0. The number of hydrazone groups is 1. The van der Waals surface area contributed by atoms with Crippen LogP contribution in [0, 0.1) is 10.1 Å². The Hall–Kier alpha value is -2.63. The smallest absolute Gasteiger partial charge is 0.269 e. The van der Waals surface area contributed by atoms with Crippen molar-refractivity contribution in [3.05, 3.63) is 58.4 Å². The lowest BCUT2D eigenvalue weighted by atomic mass is 10.3. The first kappa shape index (κ1) is 12.8. The highest BCUT2D eigenvalue weighted by Gasteiger charge is 2.06. The Bertz CT molecular complexity index is 599. The average molecular weight is 258 g/mol. The number of aromatic nitrogens is 1. The van der Waals surface area contributed by atoms with E-state index in [2.05, 4.69) is 5.10 Å². The van der Waals surface area contributed by atoms with Crippen LogP contribution in [-0.2, 0) is 0 Å². The van der Waals surface area contributed by atoms with Crippen LogP contribution in [0.5, 0.6) is 0 Å². The highest BCUT2D eigenvalue weighted by atomic mass is 16.6. The molecule has 0 unspecified atom stereocenters. The molecule has 0 saturated carbocycles. The first-order valence-corrected chi connectivity index (χ1v) is 5.71. The van der Waals surface area contributed by atoms with Crippen LogP contribution >= 0.6 is 0 Å². The van der Waals surface area contributed by atoms with Gasteiger partial charge in [-0.1, -0.05) is 0 Å². The van der Waals surface area contributed by atoms with E-state index in [1.807, 2.05) is 37.0 Å². The Labute approximate surface area is 110 Å². The molecule has 0 N–H and O–H groups in total. The molecule has 0 atom stereocenters. The molecular formula is C13H14N4O2. The van der Waals surface area contributed by atoms with Gasteiger partial charge in [0.1, 0.15) is 0 Å². The van der Waals surface area contributed by atoms with Gasteiger partial charge in [0.15, 0.2) is 0 Å². The van der Waals surface area contributed by atoms with Crippen molar-refractivity contribution in [2.24, 2.45) is 5.10 Å². The Balaban J connectivity index is 2.32. The number of nitrogens with zero attached hydrogens (tertiary/aromatic N) is 4. The third-order valence-corrected chi connectivity index (χ3v) is 2.54. The van der Waals surface area contributed by atoms with Gasteiger partial charge in [-0.3, -0.25) is 10.1 Å². The lowest BCUT2D eigenvalue weighted by molar-refractivity contribution is -0.384. The number of nitro groups is 1. The van der Waals surface area contributed by atoms with E-state index in [1.165, 1.54) is 12.1 Å². The van der Waals surface area contributed by atoms with Crippen LogP contribution in [0.1, 0.15) is 5.69 Å². The third kappa shape index (κ3) is 2.98. The molecule has 2 rings (SSSR count). The molecule has 0 aliphatic heterocycles. The zero-order chi connectivity index (χ0) is 13.8. The zero-order valence-electron chi connectivity index (χ0n) is 10.7. The van der Waals surface area contributed by atoms with Crippen LogP contribution in [0.4, 0.5) is 5.69 Å². The normalized spacial score (nSPS) is 10.8. The molecule has 0 amide bonds. The highest BCUT2D eigenvalue weighted by Crippen LogP contribution is 2.16. The second-order valence-corrected chi connectivity index (χ2v) is 4.17. The van der Waals surface area contributed by atoms with Crippen molar-refractivity contribution >= 4 is 11.9 Å². The lowest BCUT2D eigenvalue weighted by Crippen LogP contribution is -2.04. The van der Waals surface area contributed by atoms with Gasteiger partial charge in [0.05, 0.1) is 16.8 Å². The summed E-state index contributed by atoms with van der Waals surface area (Å²) < 4.78 is 1.91. The molecule has 98 valence electrons. The van der Waals surface area contributed by atoms with Crippen molar-refractivity contribution in [3.8, 4) is 5.69 Å². The molecular weight excluding hydrogens is 244 g/mol. The minimum Gasteiger partial charge on any atom is -0.316 e. The van der Waals surface area contributed by atoms with Crippen molar-refractivity contribution < 1.29 is 4.92 Å². The SMILES string of the molecule is CN(C)N=Cc1cccn1-c1ccc([N+](=O)[O-])cc1. The number of hydrogen-bond acceptors (Lipinski definition) is 4. The van der Waals surface area contributed by atoms with Crippen molar-refractivity contribution in [1.29, 1.82) is 0 Å². The molecule has 1 aromatic carbocycles. The minimum atomic E-state index is -0.409. The van der Waals surface area contributed by atoms with Crippen LogP contribution in [0.15, 0.2) is 47.7 Å². The first-order valence-electron chi connectivity index (χ1n) is 5.71. The van der Waals surface area contributed by atoms with Crippen molar-refractivity contribution in [2.75, 3.05) is 14.1 Å². The molecule has 0 radical (unpaired) electrons. The van der Waals surface area contributed by atoms with Gasteiger partial charge in [-0.25, -0.2) is 0 Å². The van der Waals surface area contributed by atoms with Gasteiger partial charge in [0.25, 0.3) is 5.69 Å². The maximum Gasteiger partial charge on any atom is 0.269 e. The van der Waals surface area contributed by atoms with E-state index in [0.29, 0.717) is 0 Å². The molecule has 6 heteroatoms. The van der Waals surface area contributed by atoms with Crippen molar-refractivity contribution in [3.63, 3.8) is 0 Å². The summed E-state index contributed by atoms with van der Waals surface area (Å²) in [6, 6.07) is 10.2. The van der Waals surface area contributed by atoms with Gasteiger partial charge in [0, 0.05) is 38.1 Å². The number of benzene rings is 1. The summed E-state index contributed by atoms with van der Waals surface area (Å²) in [5.41, 5.74) is 1.85. The van der Waals surface area contributed by atoms with Crippen molar-refractivity contribution in [1.82, 2.24) is 9.58 Å². The maximum absolute atomic E-state index is 10.6. The van der Waals surface area contributed by atoms with Gasteiger partial charge in [0.2, 0.25) is 0 Å². The second-order valence-electron chi connectivity index (χ2n) is 4.17. The van der Waals surface area contributed by atoms with E-state index in [1.54, 1.807) is 23.4 Å². The van der Waals surface area contributed by atoms with Gasteiger partial charge >= 0.3 is 0 Å². The predicted molar refractivity (Wildman–Crippen MR) is 73.7 cm³/mol. The molecule has 2 aromatic rings. The van der Waals surface area contributed by atoms with Crippen LogP contribution in [-0.4, -0.2) is 34.8 Å². The number of nitro benzene ring substituents is 1. The number of non-ortho nitro benzene ring substituents is 1. The Kier molecular flexibility index (Phi) is 3.61. The van der Waals surface area contributed by atoms with E-state index in [4.69, 9.17) is 0 Å². The topological polar surface area (TPSA) is 63.7 Å². The lowest BCUT2D eigenvalue weighted by Gasteiger charge is -2.07. The fourth-order valence-electron chi connectivity index (χ4n) is 1.64. The molecule has 0 bridgehead atoms. The number of rotatable bonds is 4. The fourth-order valence-corrected chi connectivity index (χ4v) is 1.64. The quantitative estimate of drug-likeness (QED) is 0.480. The summed E-state index contributed by atoms with van der Waals surface area (Å²) in [5, 5.41) is 16.5. The summed E-state index contributed by atoms with van der Waals surface area (Å²) in [7, 11) is 3.69. The molecule has 19 heavy (non-hydrogen) atoms. The largest absolute Gasteiger partial charge is 0.316 e. The standard InChI is InChI=1S/C13H14N4O2/c1-15(2)14-10-13-4-3-9-16(13)11-5-7-12(8-6-11)17(18)19/h3-10H,1-2H3. The molecule has 1 aromatic heterocycles. The zero-order valence-corrected chi connectivity index (χ0v) is 10.7. The first-order chi connectivity index (χ1) is 9.08. The van der Waals surface area contributed by atoms with Gasteiger partial charge in [-0.2, -0.15) is 5.10 Å². The van der Waals surface area contributed by atoms with Gasteiger partial charge < -0.3 is 9.58 Å². The Morgan fingerprint density at radius 2 is 1.95 bits per heavy atom. The van der Waals surface area contributed by atoms with Crippen molar-refractivity contribution in [2.45, 2.75) is 0 Å². The van der Waals surface area contributed by atoms with E-state index >= 15 is 0 Å². The van der Waals surface area contributed by atoms with Gasteiger partial charge in [-0.15, -0.1) is 0 Å². The molecule has 0 fully saturated rings. The van der Waals surface area contributed by atoms with E-state index in [9.17, 15) is 10.1 Å². The van der Waals surface area contributed by atoms with Crippen LogP contribution in [0.25, 0.3) is 5.69 Å². The summed E-state index contributed by atoms with van der Waals surface area (Å²) in [6.45, 7) is 0. The van der Waals surface area contributed by atoms with Crippen LogP contribution in [0.2, 0.25) is 0 Å². The van der Waals surface area contributed by atoms with Gasteiger partial charge in [-0.05, 0) is 24.3 Å². The molecule has 0 spiro atoms. The summed E-state index contributed by atoms with van der Waals surface area (Å²) in [5.74, 6) is 0. The van der Waals surface area contributed by atoms with E-state index in [0.717, 1.165) is 11.4 Å². The summed E-state index contributed by atoms with van der Waals surface area (Å²) in [6.07, 6.45) is 3.62. The highest BCUT2D eigenvalue weighted by molar-refractivity contribution is 5.78.